The van der Waals surface area contributed by atoms with Crippen molar-refractivity contribution < 1.29 is 36.3 Å². The van der Waals surface area contributed by atoms with Gasteiger partial charge in [-0.1, -0.05) is 17.7 Å². The number of amides is 2. The van der Waals surface area contributed by atoms with E-state index in [0.717, 1.165) is 14.4 Å². The SMILES string of the molecule is Cc1cc(C)c(S(=O)(=O)n2c(C[C@H](C)NC(=O)OC(C)(C)C)c(F)c3c(N(Cc4ccco4)C(=O)OC(C)(C)C)nc(Cl)nc32)c(C)c1. The summed E-state index contributed by atoms with van der Waals surface area (Å²) in [6.45, 7) is 16.5. The number of carbonyl (C=O) groups is 2. The zero-order valence-electron chi connectivity index (χ0n) is 28.7. The molecule has 0 saturated carbocycles. The number of carbonyl (C=O) groups excluding carboxylic acids is 2. The molecule has 0 spiro atoms. The molecule has 3 aromatic heterocycles. The van der Waals surface area contributed by atoms with Gasteiger partial charge in [0.15, 0.2) is 17.3 Å². The number of nitrogens with one attached hydrogen (secondary N) is 1. The highest BCUT2D eigenvalue weighted by atomic mass is 35.5. The van der Waals surface area contributed by atoms with Crippen molar-refractivity contribution in [3.8, 4) is 0 Å². The predicted octanol–water partition coefficient (Wildman–Crippen LogP) is 7.38. The first-order chi connectivity index (χ1) is 22.1. The highest BCUT2D eigenvalue weighted by Gasteiger charge is 2.36. The summed E-state index contributed by atoms with van der Waals surface area (Å²) in [5.74, 6) is -1.07. The van der Waals surface area contributed by atoms with Crippen molar-refractivity contribution in [1.29, 1.82) is 0 Å². The smallest absolute Gasteiger partial charge is 0.416 e. The summed E-state index contributed by atoms with van der Waals surface area (Å²) in [5, 5.41) is 1.78. The molecule has 0 aliphatic heterocycles. The number of halogens is 2. The van der Waals surface area contributed by atoms with Gasteiger partial charge in [0.2, 0.25) is 5.28 Å². The van der Waals surface area contributed by atoms with E-state index >= 15 is 4.39 Å². The molecule has 0 fully saturated rings. The summed E-state index contributed by atoms with van der Waals surface area (Å²) in [6.07, 6.45) is -0.620. The van der Waals surface area contributed by atoms with Crippen LogP contribution in [0.15, 0.2) is 39.8 Å². The van der Waals surface area contributed by atoms with Gasteiger partial charge < -0.3 is 19.2 Å². The van der Waals surface area contributed by atoms with Crippen LogP contribution in [-0.2, 0) is 32.5 Å². The molecule has 1 aromatic carbocycles. The Balaban J connectivity index is 2.03. The molecule has 0 aliphatic carbocycles. The molecular weight excluding hydrogens is 665 g/mol. The van der Waals surface area contributed by atoms with Crippen molar-refractivity contribution in [3.05, 3.63) is 69.8 Å². The summed E-state index contributed by atoms with van der Waals surface area (Å²) >= 11 is 6.41. The predicted molar refractivity (Wildman–Crippen MR) is 179 cm³/mol. The maximum Gasteiger partial charge on any atom is 0.416 e. The van der Waals surface area contributed by atoms with Gasteiger partial charge in [-0.15, -0.1) is 0 Å². The zero-order valence-corrected chi connectivity index (χ0v) is 30.3. The molecule has 12 nitrogen and oxygen atoms in total. The van der Waals surface area contributed by atoms with Gasteiger partial charge in [-0.25, -0.2) is 26.4 Å². The van der Waals surface area contributed by atoms with Crippen molar-refractivity contribution in [2.24, 2.45) is 0 Å². The Bertz CT molecular complexity index is 1940. The van der Waals surface area contributed by atoms with Crippen LogP contribution < -0.4 is 10.2 Å². The second-order valence-corrected chi connectivity index (χ2v) is 15.7. The maximum atomic E-state index is 17.0. The van der Waals surface area contributed by atoms with E-state index in [-0.39, 0.29) is 29.4 Å². The summed E-state index contributed by atoms with van der Waals surface area (Å²) in [4.78, 5) is 35.6. The standard InChI is InChI=1S/C33H41ClFN5O7S/c1-18-14-19(2)26(20(3)15-18)48(43,44)40-23(16-21(4)36-30(41)46-32(5,6)7)25(35)24-27(37-29(34)38-28(24)40)39(17-22-12-11-13-45-22)31(42)47-33(8,9)10/h11-15,21H,16-17H2,1-10H3,(H,36,41)/t21-/m0/s1. The molecule has 1 N–H and O–H groups in total. The van der Waals surface area contributed by atoms with Crippen molar-refractivity contribution in [3.63, 3.8) is 0 Å². The van der Waals surface area contributed by atoms with Crippen molar-refractivity contribution in [2.75, 3.05) is 4.90 Å². The van der Waals surface area contributed by atoms with Gasteiger partial charge in [0.25, 0.3) is 10.0 Å². The van der Waals surface area contributed by atoms with E-state index in [2.05, 4.69) is 15.3 Å². The maximum absolute atomic E-state index is 17.0. The van der Waals surface area contributed by atoms with Crippen LogP contribution >= 0.6 is 11.6 Å². The number of rotatable bonds is 8. The van der Waals surface area contributed by atoms with Gasteiger partial charge in [-0.05, 0) is 104 Å². The molecule has 3 heterocycles. The average molecular weight is 706 g/mol. The van der Waals surface area contributed by atoms with E-state index < -0.39 is 61.6 Å². The minimum absolute atomic E-state index is 0.0603. The van der Waals surface area contributed by atoms with Crippen LogP contribution in [0.25, 0.3) is 11.0 Å². The Kier molecular flexibility index (Phi) is 10.2. The lowest BCUT2D eigenvalue weighted by Gasteiger charge is -2.26. The van der Waals surface area contributed by atoms with E-state index in [1.54, 1.807) is 86.6 Å². The number of hydrogen-bond acceptors (Lipinski definition) is 9. The number of anilines is 1. The Hall–Kier alpha value is -4.17. The largest absolute Gasteiger partial charge is 0.467 e. The minimum atomic E-state index is -4.58. The summed E-state index contributed by atoms with van der Waals surface area (Å²) in [5.41, 5.74) is -0.850. The van der Waals surface area contributed by atoms with Crippen LogP contribution in [0.3, 0.4) is 0 Å². The van der Waals surface area contributed by atoms with Gasteiger partial charge >= 0.3 is 12.2 Å². The lowest BCUT2D eigenvalue weighted by molar-refractivity contribution is 0.0506. The third-order valence-electron chi connectivity index (χ3n) is 6.88. The van der Waals surface area contributed by atoms with Crippen LogP contribution in [0.2, 0.25) is 5.28 Å². The van der Waals surface area contributed by atoms with E-state index in [9.17, 15) is 18.0 Å². The number of nitrogens with zero attached hydrogens (tertiary/aromatic N) is 4. The van der Waals surface area contributed by atoms with Crippen LogP contribution in [0.4, 0.5) is 19.8 Å². The number of ether oxygens (including phenoxy) is 2. The summed E-state index contributed by atoms with van der Waals surface area (Å²) in [6, 6.07) is 5.79. The molecule has 1 atom stereocenters. The molecule has 15 heteroatoms. The third-order valence-corrected chi connectivity index (χ3v) is 9.09. The number of aryl methyl sites for hydroxylation is 3. The molecule has 0 radical (unpaired) electrons. The molecule has 0 bridgehead atoms. The van der Waals surface area contributed by atoms with E-state index in [1.807, 2.05) is 6.92 Å². The highest BCUT2D eigenvalue weighted by molar-refractivity contribution is 7.90. The Morgan fingerprint density at radius 1 is 1.06 bits per heavy atom. The fourth-order valence-corrected chi connectivity index (χ4v) is 7.44. The number of hydrogen-bond donors (Lipinski definition) is 1. The number of fused-ring (bicyclic) bond motifs is 1. The van der Waals surface area contributed by atoms with Gasteiger partial charge in [-0.2, -0.15) is 9.97 Å². The van der Waals surface area contributed by atoms with E-state index in [4.69, 9.17) is 25.5 Å². The summed E-state index contributed by atoms with van der Waals surface area (Å²) in [7, 11) is -4.58. The first-order valence-electron chi connectivity index (χ1n) is 15.2. The Labute approximate surface area is 284 Å². The number of alkyl carbamates (subject to hydrolysis) is 1. The lowest BCUT2D eigenvalue weighted by atomic mass is 10.1. The van der Waals surface area contributed by atoms with E-state index in [0.29, 0.717) is 16.9 Å². The van der Waals surface area contributed by atoms with E-state index in [1.165, 1.54) is 6.26 Å². The second kappa shape index (κ2) is 13.4. The number of benzene rings is 1. The first-order valence-corrected chi connectivity index (χ1v) is 17.0. The topological polar surface area (TPSA) is 146 Å². The monoisotopic (exact) mass is 705 g/mol. The van der Waals surface area contributed by atoms with Crippen molar-refractivity contribution >= 4 is 50.7 Å². The molecule has 0 aliphatic rings. The minimum Gasteiger partial charge on any atom is -0.467 e. The van der Waals surface area contributed by atoms with Crippen LogP contribution in [-0.4, -0.2) is 51.8 Å². The molecule has 2 amide bonds. The van der Waals surface area contributed by atoms with Crippen molar-refractivity contribution in [2.45, 2.75) is 104 Å². The second-order valence-electron chi connectivity index (χ2n) is 13.7. The van der Waals surface area contributed by atoms with Gasteiger partial charge in [0, 0.05) is 12.5 Å². The normalized spacial score (nSPS) is 13.0. The molecule has 4 rings (SSSR count). The molecule has 0 unspecified atom stereocenters. The zero-order chi connectivity index (χ0) is 35.9. The Morgan fingerprint density at radius 2 is 1.67 bits per heavy atom. The van der Waals surface area contributed by atoms with Gasteiger partial charge in [0.05, 0.1) is 28.8 Å². The molecule has 4 aromatic rings. The molecular formula is C33H41ClFN5O7S. The molecule has 260 valence electrons. The average Bonchev–Trinajstić information content (AvgIpc) is 3.50. The Morgan fingerprint density at radius 3 is 2.21 bits per heavy atom. The number of aromatic nitrogens is 3. The quantitative estimate of drug-likeness (QED) is 0.186. The highest BCUT2D eigenvalue weighted by Crippen LogP contribution is 2.37. The van der Waals surface area contributed by atoms with Crippen LogP contribution in [0, 0.1) is 26.6 Å². The first kappa shape index (κ1) is 36.7. The fourth-order valence-electron chi connectivity index (χ4n) is 5.36. The van der Waals surface area contributed by atoms with Crippen LogP contribution in [0.1, 0.15) is 76.6 Å². The summed E-state index contributed by atoms with van der Waals surface area (Å²) < 4.78 is 63.6. The fraction of sp³-hybridized carbons (Fsp3) is 0.455. The third kappa shape index (κ3) is 8.09. The molecule has 48 heavy (non-hydrogen) atoms. The van der Waals surface area contributed by atoms with Crippen molar-refractivity contribution in [1.82, 2.24) is 19.3 Å². The molecule has 0 saturated heterocycles. The lowest BCUT2D eigenvalue weighted by Crippen LogP contribution is -2.39. The van der Waals surface area contributed by atoms with Crippen LogP contribution in [0.5, 0.6) is 0 Å². The van der Waals surface area contributed by atoms with Gasteiger partial charge in [-0.3, -0.25) is 4.90 Å². The van der Waals surface area contributed by atoms with Gasteiger partial charge in [0.1, 0.15) is 17.0 Å². The number of furan rings is 1.